The quantitative estimate of drug-likeness (QED) is 0.904. The van der Waals surface area contributed by atoms with Crippen LogP contribution in [0.1, 0.15) is 19.7 Å². The molecule has 0 radical (unpaired) electrons. The predicted octanol–water partition coefficient (Wildman–Crippen LogP) is 2.39. The van der Waals surface area contributed by atoms with E-state index in [0.29, 0.717) is 17.4 Å². The van der Waals surface area contributed by atoms with Crippen LogP contribution >= 0.6 is 12.4 Å². The molecule has 0 spiro atoms. The van der Waals surface area contributed by atoms with Gasteiger partial charge in [0.15, 0.2) is 0 Å². The Kier molecular flexibility index (Phi) is 5.87. The lowest BCUT2D eigenvalue weighted by Gasteiger charge is -2.15. The number of hydrogen-bond donors (Lipinski definition) is 2. The molecule has 6 nitrogen and oxygen atoms in total. The van der Waals surface area contributed by atoms with Crippen molar-refractivity contribution < 1.29 is 9.32 Å². The summed E-state index contributed by atoms with van der Waals surface area (Å²) < 4.78 is 4.94. The number of halogens is 1. The normalized spacial score (nSPS) is 13.1. The van der Waals surface area contributed by atoms with Crippen LogP contribution in [0.25, 0.3) is 11.4 Å². The van der Waals surface area contributed by atoms with Gasteiger partial charge in [-0.25, -0.2) is 0 Å². The molecule has 0 fully saturated rings. The number of hydrogen-bond acceptors (Lipinski definition) is 5. The van der Waals surface area contributed by atoms with Crippen LogP contribution in [0.3, 0.4) is 0 Å². The molecule has 0 aliphatic heterocycles. The van der Waals surface area contributed by atoms with Crippen LogP contribution in [0.2, 0.25) is 0 Å². The molecule has 0 aliphatic carbocycles. The van der Waals surface area contributed by atoms with Crippen molar-refractivity contribution in [2.75, 3.05) is 5.32 Å². The average Bonchev–Trinajstić information content (AvgIpc) is 2.84. The molecule has 0 saturated carbocycles. The molecule has 21 heavy (non-hydrogen) atoms. The molecule has 0 aliphatic rings. The molecule has 2 unspecified atom stereocenters. The van der Waals surface area contributed by atoms with Gasteiger partial charge in [0.1, 0.15) is 0 Å². The fraction of sp³-hybridized carbons (Fsp3) is 0.357. The highest BCUT2D eigenvalue weighted by Crippen LogP contribution is 2.20. The fourth-order valence-electron chi connectivity index (χ4n) is 1.65. The first-order chi connectivity index (χ1) is 9.47. The van der Waals surface area contributed by atoms with Crippen LogP contribution < -0.4 is 11.1 Å². The van der Waals surface area contributed by atoms with Crippen molar-refractivity contribution in [3.8, 4) is 11.4 Å². The summed E-state index contributed by atoms with van der Waals surface area (Å²) in [7, 11) is 0. The fourth-order valence-corrected chi connectivity index (χ4v) is 1.65. The lowest BCUT2D eigenvalue weighted by atomic mass is 10.0. The maximum atomic E-state index is 12.0. The lowest BCUT2D eigenvalue weighted by molar-refractivity contribution is -0.119. The van der Waals surface area contributed by atoms with E-state index in [1.807, 2.05) is 25.1 Å². The molecular weight excluding hydrogens is 292 g/mol. The number of nitrogens with zero attached hydrogens (tertiary/aromatic N) is 2. The number of carbonyl (C=O) groups is 1. The van der Waals surface area contributed by atoms with Crippen LogP contribution in [-0.2, 0) is 4.79 Å². The molecule has 7 heteroatoms. The van der Waals surface area contributed by atoms with Gasteiger partial charge < -0.3 is 15.6 Å². The Labute approximate surface area is 129 Å². The Bertz CT molecular complexity index is 613. The van der Waals surface area contributed by atoms with E-state index in [1.54, 1.807) is 19.9 Å². The number of nitrogens with two attached hydrogens (primary N) is 1. The SMILES string of the molecule is Cc1nc(-c2cccc(NC(=O)C(C)C(C)N)c2)no1.Cl. The van der Waals surface area contributed by atoms with Crippen molar-refractivity contribution in [2.45, 2.75) is 26.8 Å². The van der Waals surface area contributed by atoms with Gasteiger partial charge in [0.05, 0.1) is 5.92 Å². The number of amides is 1. The van der Waals surface area contributed by atoms with E-state index in [0.717, 1.165) is 5.56 Å². The minimum Gasteiger partial charge on any atom is -0.339 e. The van der Waals surface area contributed by atoms with Crippen LogP contribution in [-0.4, -0.2) is 22.1 Å². The van der Waals surface area contributed by atoms with Crippen molar-refractivity contribution >= 4 is 24.0 Å². The van der Waals surface area contributed by atoms with Crippen LogP contribution in [0.4, 0.5) is 5.69 Å². The Morgan fingerprint density at radius 1 is 1.38 bits per heavy atom. The summed E-state index contributed by atoms with van der Waals surface area (Å²) >= 11 is 0. The monoisotopic (exact) mass is 310 g/mol. The summed E-state index contributed by atoms with van der Waals surface area (Å²) in [6.07, 6.45) is 0. The van der Waals surface area contributed by atoms with Gasteiger partial charge in [0.2, 0.25) is 17.6 Å². The first-order valence-corrected chi connectivity index (χ1v) is 6.44. The zero-order chi connectivity index (χ0) is 14.7. The maximum absolute atomic E-state index is 12.0. The number of aromatic nitrogens is 2. The van der Waals surface area contributed by atoms with Gasteiger partial charge in [-0.3, -0.25) is 4.79 Å². The minimum absolute atomic E-state index is 0. The third-order valence-corrected chi connectivity index (χ3v) is 3.12. The van der Waals surface area contributed by atoms with E-state index >= 15 is 0 Å². The van der Waals surface area contributed by atoms with Gasteiger partial charge in [-0.1, -0.05) is 24.2 Å². The van der Waals surface area contributed by atoms with Gasteiger partial charge in [-0.05, 0) is 19.1 Å². The molecule has 114 valence electrons. The van der Waals surface area contributed by atoms with Crippen molar-refractivity contribution in [1.82, 2.24) is 10.1 Å². The van der Waals surface area contributed by atoms with Gasteiger partial charge in [0.25, 0.3) is 0 Å². The third-order valence-electron chi connectivity index (χ3n) is 3.12. The molecule has 1 heterocycles. The summed E-state index contributed by atoms with van der Waals surface area (Å²) in [5, 5.41) is 6.69. The largest absolute Gasteiger partial charge is 0.339 e. The predicted molar refractivity (Wildman–Crippen MR) is 83.2 cm³/mol. The van der Waals surface area contributed by atoms with Crippen molar-refractivity contribution in [2.24, 2.45) is 11.7 Å². The number of anilines is 1. The summed E-state index contributed by atoms with van der Waals surface area (Å²) in [5.74, 6) is 0.631. The molecule has 0 saturated heterocycles. The van der Waals surface area contributed by atoms with E-state index in [-0.39, 0.29) is 30.3 Å². The van der Waals surface area contributed by atoms with E-state index in [1.165, 1.54) is 0 Å². The van der Waals surface area contributed by atoms with Crippen LogP contribution in [0.15, 0.2) is 28.8 Å². The molecule has 3 N–H and O–H groups in total. The highest BCUT2D eigenvalue weighted by atomic mass is 35.5. The zero-order valence-corrected chi connectivity index (χ0v) is 13.0. The van der Waals surface area contributed by atoms with Gasteiger partial charge in [-0.2, -0.15) is 4.98 Å². The third kappa shape index (κ3) is 4.27. The van der Waals surface area contributed by atoms with Crippen molar-refractivity contribution in [3.63, 3.8) is 0 Å². The van der Waals surface area contributed by atoms with Crippen LogP contribution in [0, 0.1) is 12.8 Å². The Balaban J connectivity index is 0.00000220. The highest BCUT2D eigenvalue weighted by Gasteiger charge is 2.17. The summed E-state index contributed by atoms with van der Waals surface area (Å²) in [6, 6.07) is 7.10. The number of nitrogens with one attached hydrogen (secondary N) is 1. The first-order valence-electron chi connectivity index (χ1n) is 6.44. The molecule has 1 aromatic carbocycles. The number of benzene rings is 1. The van der Waals surface area contributed by atoms with Gasteiger partial charge >= 0.3 is 0 Å². The Hall–Kier alpha value is -1.92. The van der Waals surface area contributed by atoms with E-state index in [4.69, 9.17) is 10.3 Å². The van der Waals surface area contributed by atoms with Gasteiger partial charge in [-0.15, -0.1) is 12.4 Å². The molecule has 2 rings (SSSR count). The summed E-state index contributed by atoms with van der Waals surface area (Å²) in [4.78, 5) is 16.1. The maximum Gasteiger partial charge on any atom is 0.228 e. The van der Waals surface area contributed by atoms with Crippen LogP contribution in [0.5, 0.6) is 0 Å². The molecule has 0 bridgehead atoms. The molecule has 2 aromatic rings. The molecular formula is C14H19ClN4O2. The standard InChI is InChI=1S/C14H18N4O2.ClH/c1-8(9(2)15)14(19)17-12-6-4-5-11(7-12)13-16-10(3)20-18-13;/h4-9H,15H2,1-3H3,(H,17,19);1H. The first kappa shape index (κ1) is 17.1. The van der Waals surface area contributed by atoms with Crippen molar-refractivity contribution in [1.29, 1.82) is 0 Å². The number of carbonyl (C=O) groups excluding carboxylic acids is 1. The summed E-state index contributed by atoms with van der Waals surface area (Å²) in [5.41, 5.74) is 7.19. The van der Waals surface area contributed by atoms with E-state index in [9.17, 15) is 4.79 Å². The molecule has 2 atom stereocenters. The molecule has 1 amide bonds. The second-order valence-corrected chi connectivity index (χ2v) is 4.85. The Morgan fingerprint density at radius 2 is 2.10 bits per heavy atom. The topological polar surface area (TPSA) is 94.0 Å². The second kappa shape index (κ2) is 7.19. The Morgan fingerprint density at radius 3 is 2.67 bits per heavy atom. The highest BCUT2D eigenvalue weighted by molar-refractivity contribution is 5.93. The minimum atomic E-state index is -0.258. The van der Waals surface area contributed by atoms with E-state index < -0.39 is 0 Å². The smallest absolute Gasteiger partial charge is 0.228 e. The zero-order valence-electron chi connectivity index (χ0n) is 12.2. The second-order valence-electron chi connectivity index (χ2n) is 4.85. The number of rotatable bonds is 4. The van der Waals surface area contributed by atoms with Crippen molar-refractivity contribution in [3.05, 3.63) is 30.2 Å². The van der Waals surface area contributed by atoms with Gasteiger partial charge in [0, 0.05) is 24.2 Å². The lowest BCUT2D eigenvalue weighted by Crippen LogP contribution is -2.34. The summed E-state index contributed by atoms with van der Waals surface area (Å²) in [6.45, 7) is 5.33. The average molecular weight is 311 g/mol. The number of aryl methyl sites for hydroxylation is 1. The van der Waals surface area contributed by atoms with E-state index in [2.05, 4.69) is 15.5 Å². The molecule has 1 aromatic heterocycles.